The summed E-state index contributed by atoms with van der Waals surface area (Å²) in [6.07, 6.45) is 43.1. The van der Waals surface area contributed by atoms with Gasteiger partial charge in [0.2, 0.25) is 0 Å². The van der Waals surface area contributed by atoms with Crippen LogP contribution >= 0.6 is 56.7 Å². The van der Waals surface area contributed by atoms with Gasteiger partial charge in [-0.05, 0) is 242 Å². The number of thiazole rings is 3. The van der Waals surface area contributed by atoms with E-state index in [1.165, 1.54) is 61.5 Å². The average Bonchev–Trinajstić information content (AvgIpc) is 2.03. The first kappa shape index (κ1) is 103. The van der Waals surface area contributed by atoms with Crippen molar-refractivity contribution in [1.82, 2.24) is 111 Å². The molecule has 1 aliphatic rings. The molecule has 0 saturated carbocycles. The molecule has 118 heavy (non-hydrogen) atoms. The second-order valence-electron chi connectivity index (χ2n) is 23.6. The highest BCUT2D eigenvalue weighted by Crippen LogP contribution is 2.05. The van der Waals surface area contributed by atoms with E-state index in [1.54, 1.807) is 168 Å². The average molecular weight is 1690 g/mol. The van der Waals surface area contributed by atoms with Gasteiger partial charge < -0.3 is 27.3 Å². The van der Waals surface area contributed by atoms with Gasteiger partial charge in [-0.2, -0.15) is 47.1 Å². The maximum atomic E-state index is 4.83. The summed E-state index contributed by atoms with van der Waals surface area (Å²) in [5.74, 6) is 4.50. The van der Waals surface area contributed by atoms with Gasteiger partial charge in [-0.15, -0.1) is 45.3 Å². The Kier molecular flexibility index (Phi) is 62.7. The molecule has 18 aromatic heterocycles. The molecular weight excluding hydrogens is 1580 g/mol. The van der Waals surface area contributed by atoms with Crippen molar-refractivity contribution in [2.45, 2.75) is 132 Å². The lowest BCUT2D eigenvalue weighted by atomic mass is 10.3. The van der Waals surface area contributed by atoms with Crippen molar-refractivity contribution in [3.05, 3.63) is 378 Å². The van der Waals surface area contributed by atoms with Gasteiger partial charge in [-0.3, -0.25) is 40.1 Å². The summed E-state index contributed by atoms with van der Waals surface area (Å²) >= 11 is 8.52. The standard InChI is InChI=1S/2C6H7N.2C5H6N2.C5H7N.2C5H6O.2C5H6S.2C4H6N2.3C4H5NO.3C4H5NS.2C3H5N3/c1-6-3-2-4-7-5-6;1-6-4-2-3-5-7-6;1-5-2-6-4-7-3-5;1-5-3-2-4-6-7-5;2*1-5-2-3-6-4-5;1-5-3-2-4-6-5;1-5-2-3-6-4-5;1-5-3-2-4-6-5;1-4-2-5-6-3-4;1-4-5-2-3-6-4;1-4-2-5-3-6-4;1-4-2-3-6-5-4;1-4-2-3-5-6-4;2*1-4-2-5-3-6-4;1-4-5-2-3-6-4;1-3-4-2-5-6-3;1-3-2-4-6-5-3/h2*2-5H,1H3;2*2-4H,1H3;2-3H,4H2,1H3;4*2-4H,1H3;2*2-3H,1H3,(H,5,6);6*2-3H,1H3;2*2H,1H3,(H,4,5,6). The fourth-order valence-corrected chi connectivity index (χ4v) is 8.79. The van der Waals surface area contributed by atoms with Crippen LogP contribution in [0.4, 0.5) is 0 Å². The number of nitrogens with one attached hydrogen (secondary N) is 4. The monoisotopic (exact) mass is 1690 g/mol. The summed E-state index contributed by atoms with van der Waals surface area (Å²) in [4.78, 5) is 49.1. The zero-order valence-corrected chi connectivity index (χ0v) is 74.4. The first-order valence-electron chi connectivity index (χ1n) is 36.0. The second kappa shape index (κ2) is 71.8. The maximum Gasteiger partial charge on any atom is 0.180 e. The SMILES string of the molecule is CC1=CC=NC1.Cc1ccccn1.Cc1cccnc1.Cc1cccnn1.Cc1ccco1.Cc1cccs1.Cc1ccno1.Cc1ccoc1.Cc1ccon1.Cc1ccsc1.Cc1cn[nH]c1.Cc1cn[nH]n1.Cc1cncnc1.Cc1cnco1.Cc1cncs1.Cc1cncs1.Cc1ncc[nH]1.Cc1nccs1.Cc1ncn[nH]1. The minimum absolute atomic E-state index is 0.856. The number of hydrogen-bond acceptors (Lipinski definition) is 29. The summed E-state index contributed by atoms with van der Waals surface area (Å²) in [5.41, 5.74) is 14.9. The molecule has 0 aromatic carbocycles. The van der Waals surface area contributed by atoms with Crippen molar-refractivity contribution in [1.29, 1.82) is 0 Å². The third-order valence-corrected chi connectivity index (χ3v) is 15.9. The molecule has 624 valence electrons. The van der Waals surface area contributed by atoms with E-state index in [4.69, 9.17) is 13.3 Å². The van der Waals surface area contributed by atoms with Gasteiger partial charge >= 0.3 is 0 Å². The fraction of sp³-hybridized carbons (Fsp3) is 0.235. The lowest BCUT2D eigenvalue weighted by molar-refractivity contribution is 0.397. The number of rotatable bonds is 0. The van der Waals surface area contributed by atoms with Crippen LogP contribution in [-0.4, -0.2) is 124 Å². The van der Waals surface area contributed by atoms with Crippen LogP contribution < -0.4 is 0 Å². The van der Waals surface area contributed by atoms with Crippen LogP contribution in [0.2, 0.25) is 0 Å². The number of aromatic amines is 4. The largest absolute Gasteiger partial charge is 0.472 e. The van der Waals surface area contributed by atoms with Gasteiger partial charge in [-0.1, -0.05) is 34.1 Å². The van der Waals surface area contributed by atoms with Crippen LogP contribution in [0, 0.1) is 125 Å². The van der Waals surface area contributed by atoms with Gasteiger partial charge in [0.15, 0.2) is 6.39 Å². The smallest absolute Gasteiger partial charge is 0.180 e. The van der Waals surface area contributed by atoms with Crippen LogP contribution in [0.3, 0.4) is 0 Å². The van der Waals surface area contributed by atoms with Crippen LogP contribution in [0.15, 0.2) is 306 Å². The molecule has 0 bridgehead atoms. The molecular formula is C85H109N23O5S5. The maximum absolute atomic E-state index is 4.83. The summed E-state index contributed by atoms with van der Waals surface area (Å²) in [7, 11) is 0. The molecule has 0 fully saturated rings. The number of pyridine rings is 2. The lowest BCUT2D eigenvalue weighted by Gasteiger charge is -1.82. The van der Waals surface area contributed by atoms with Gasteiger partial charge in [0.05, 0.1) is 83.2 Å². The quantitative estimate of drug-likeness (QED) is 0.110. The van der Waals surface area contributed by atoms with Crippen molar-refractivity contribution in [2.75, 3.05) is 6.54 Å². The number of imidazole rings is 1. The Morgan fingerprint density at radius 2 is 1.19 bits per heavy atom. The van der Waals surface area contributed by atoms with Gasteiger partial charge in [0, 0.05) is 118 Å². The molecule has 0 aliphatic carbocycles. The highest BCUT2D eigenvalue weighted by Gasteiger charge is 1.88. The molecule has 19 rings (SSSR count). The number of aromatic nitrogens is 22. The van der Waals surface area contributed by atoms with E-state index in [-0.39, 0.29) is 0 Å². The van der Waals surface area contributed by atoms with E-state index in [1.807, 2.05) is 225 Å². The second-order valence-corrected chi connectivity index (χ2v) is 28.8. The number of thiophene rings is 2. The predicted octanol–water partition coefficient (Wildman–Crippen LogP) is 21.6. The first-order valence-corrected chi connectivity index (χ1v) is 40.5. The molecule has 33 heteroatoms. The molecule has 1 aliphatic heterocycles. The Morgan fingerprint density at radius 1 is 0.432 bits per heavy atom. The minimum Gasteiger partial charge on any atom is -0.472 e. The minimum atomic E-state index is 0.856. The zero-order valence-electron chi connectivity index (χ0n) is 70.3. The number of H-pyrrole nitrogens is 4. The van der Waals surface area contributed by atoms with Crippen molar-refractivity contribution in [2.24, 2.45) is 4.99 Å². The Balaban J connectivity index is 0.000000623. The van der Waals surface area contributed by atoms with Crippen LogP contribution in [-0.2, 0) is 0 Å². The Labute approximate surface area is 712 Å². The van der Waals surface area contributed by atoms with E-state index in [2.05, 4.69) is 180 Å². The topological polar surface area (TPSA) is 373 Å². The van der Waals surface area contributed by atoms with E-state index in [0.29, 0.717) is 0 Å². The summed E-state index contributed by atoms with van der Waals surface area (Å²) < 4.78 is 23.3. The number of aliphatic imine (C=N–C) groups is 1. The number of aryl methyl sites for hydroxylation is 18. The number of hydrogen-bond donors (Lipinski definition) is 4. The van der Waals surface area contributed by atoms with E-state index in [9.17, 15) is 0 Å². The third kappa shape index (κ3) is 69.7. The molecule has 0 saturated heterocycles. The van der Waals surface area contributed by atoms with E-state index >= 15 is 0 Å². The summed E-state index contributed by atoms with van der Waals surface area (Å²) in [6, 6.07) is 29.2. The molecule has 28 nitrogen and oxygen atoms in total. The van der Waals surface area contributed by atoms with Crippen LogP contribution in [0.1, 0.15) is 106 Å². The van der Waals surface area contributed by atoms with Crippen molar-refractivity contribution < 1.29 is 22.3 Å². The van der Waals surface area contributed by atoms with E-state index < -0.39 is 0 Å². The Morgan fingerprint density at radius 3 is 1.37 bits per heavy atom. The van der Waals surface area contributed by atoms with Gasteiger partial charge in [0.1, 0.15) is 47.8 Å². The number of allylic oxidation sites excluding steroid dienone is 1. The van der Waals surface area contributed by atoms with Crippen LogP contribution in [0.5, 0.6) is 0 Å². The highest BCUT2D eigenvalue weighted by atomic mass is 32.1. The normalized spacial score (nSPS) is 9.30. The third-order valence-electron chi connectivity index (χ3n) is 12.2. The summed E-state index contributed by atoms with van der Waals surface area (Å²) in [6.45, 7) is 38.3. The molecule has 0 radical (unpaired) electrons. The van der Waals surface area contributed by atoms with Crippen molar-refractivity contribution in [3.8, 4) is 0 Å². The first-order chi connectivity index (χ1) is 57.0. The molecule has 0 amide bonds. The molecule has 19 heterocycles. The van der Waals surface area contributed by atoms with E-state index in [0.717, 1.165) is 68.8 Å². The number of nitrogens with zero attached hydrogens (tertiary/aromatic N) is 19. The summed E-state index contributed by atoms with van der Waals surface area (Å²) in [5, 5.41) is 46.0. The molecule has 18 aromatic rings. The van der Waals surface area contributed by atoms with Crippen molar-refractivity contribution in [3.63, 3.8) is 0 Å². The Hall–Kier alpha value is -13.0. The predicted molar refractivity (Wildman–Crippen MR) is 477 cm³/mol. The van der Waals surface area contributed by atoms with Crippen LogP contribution in [0.25, 0.3) is 0 Å². The zero-order chi connectivity index (χ0) is 86.5. The molecule has 0 unspecified atom stereocenters. The van der Waals surface area contributed by atoms with Crippen molar-refractivity contribution >= 4 is 62.9 Å². The van der Waals surface area contributed by atoms with Gasteiger partial charge in [-0.25, -0.2) is 24.9 Å². The molecule has 0 spiro atoms. The number of oxazole rings is 1. The molecule has 4 N–H and O–H groups in total. The highest BCUT2D eigenvalue weighted by molar-refractivity contribution is 7.10. The molecule has 0 atom stereocenters. The number of furan rings is 2. The Bertz CT molecular complexity index is 3870. The lowest BCUT2D eigenvalue weighted by Crippen LogP contribution is -1.79. The fourth-order valence-electron chi connectivity index (χ4n) is 6.33. The van der Waals surface area contributed by atoms with Gasteiger partial charge in [0.25, 0.3) is 0 Å².